The van der Waals surface area contributed by atoms with Gasteiger partial charge in [-0.05, 0) is 42.7 Å². The normalized spacial score (nSPS) is 13.7. The van der Waals surface area contributed by atoms with Gasteiger partial charge in [0.25, 0.3) is 0 Å². The van der Waals surface area contributed by atoms with Crippen molar-refractivity contribution < 1.29 is 9.53 Å². The predicted octanol–water partition coefficient (Wildman–Crippen LogP) is 2.38. The van der Waals surface area contributed by atoms with E-state index in [-0.39, 0.29) is 11.8 Å². The quantitative estimate of drug-likeness (QED) is 0.380. The van der Waals surface area contributed by atoms with Crippen molar-refractivity contribution in [1.82, 2.24) is 39.4 Å². The molecule has 1 aromatic carbocycles. The molecule has 11 nitrogen and oxygen atoms in total. The topological polar surface area (TPSA) is 117 Å². The number of carbonyl (C=O) groups excluding carboxylic acids is 1. The second kappa shape index (κ2) is 8.34. The Balaban J connectivity index is 1.24. The summed E-state index contributed by atoms with van der Waals surface area (Å²) < 4.78 is 10.5. The fourth-order valence-corrected chi connectivity index (χ4v) is 3.87. The van der Waals surface area contributed by atoms with Gasteiger partial charge in [0.15, 0.2) is 11.5 Å². The van der Waals surface area contributed by atoms with Gasteiger partial charge < -0.3 is 10.1 Å². The van der Waals surface area contributed by atoms with Crippen molar-refractivity contribution in [3.8, 4) is 11.1 Å². The molecule has 4 heterocycles. The lowest BCUT2D eigenvalue weighted by Gasteiger charge is -2.04. The fourth-order valence-electron chi connectivity index (χ4n) is 3.87. The lowest BCUT2D eigenvalue weighted by atomic mass is 10.1. The average Bonchev–Trinajstić information content (AvgIpc) is 3.28. The van der Waals surface area contributed by atoms with Crippen LogP contribution in [0.4, 0.5) is 5.82 Å². The molecule has 1 saturated carbocycles. The van der Waals surface area contributed by atoms with E-state index in [0.717, 1.165) is 40.7 Å². The summed E-state index contributed by atoms with van der Waals surface area (Å²) in [5, 5.41) is 20.5. The van der Waals surface area contributed by atoms with Crippen molar-refractivity contribution in [2.75, 3.05) is 19.0 Å². The largest absolute Gasteiger partial charge is 0.383 e. The van der Waals surface area contributed by atoms with Gasteiger partial charge in [0.05, 0.1) is 43.3 Å². The monoisotopic (exact) mass is 457 g/mol. The van der Waals surface area contributed by atoms with E-state index in [1.165, 1.54) is 0 Å². The van der Waals surface area contributed by atoms with E-state index in [0.29, 0.717) is 31.2 Å². The van der Waals surface area contributed by atoms with Crippen molar-refractivity contribution in [1.29, 1.82) is 0 Å². The van der Waals surface area contributed by atoms with Gasteiger partial charge in [-0.25, -0.2) is 14.2 Å². The van der Waals surface area contributed by atoms with Gasteiger partial charge in [0.1, 0.15) is 5.52 Å². The number of benzene rings is 1. The highest BCUT2D eigenvalue weighted by molar-refractivity contribution is 5.93. The first kappa shape index (κ1) is 20.5. The highest BCUT2D eigenvalue weighted by Gasteiger charge is 2.30. The molecule has 34 heavy (non-hydrogen) atoms. The number of hydrogen-bond donors (Lipinski definition) is 1. The maximum Gasteiger partial charge on any atom is 0.228 e. The van der Waals surface area contributed by atoms with Crippen LogP contribution < -0.4 is 5.32 Å². The SMILES string of the molecule is COCCn1cc(-c2ccc3nnn(Cc4ccc5nc(NC(=O)C6CC6)cn5n4)c3c2)cn1. The lowest BCUT2D eigenvalue weighted by molar-refractivity contribution is -0.117. The number of carbonyl (C=O) groups is 1. The summed E-state index contributed by atoms with van der Waals surface area (Å²) >= 11 is 0. The molecule has 0 bridgehead atoms. The van der Waals surface area contributed by atoms with Crippen molar-refractivity contribution >= 4 is 28.4 Å². The number of rotatable bonds is 8. The maximum absolute atomic E-state index is 12.0. The number of methoxy groups -OCH3 is 1. The molecule has 0 unspecified atom stereocenters. The van der Waals surface area contributed by atoms with Crippen molar-refractivity contribution in [3.63, 3.8) is 0 Å². The van der Waals surface area contributed by atoms with Gasteiger partial charge in [-0.15, -0.1) is 5.10 Å². The Morgan fingerprint density at radius 1 is 1.18 bits per heavy atom. The standard InChI is InChI=1S/C23H23N9O2/c1-34-9-8-30-12-17(11-24-30)16-4-6-19-20(10-16)31(29-27-19)13-18-5-7-22-25-21(14-32(22)28-18)26-23(33)15-2-3-15/h4-7,10-12,14-15H,2-3,8-9,13H2,1H3,(H,26,33). The second-order valence-corrected chi connectivity index (χ2v) is 8.45. The van der Waals surface area contributed by atoms with Gasteiger partial charge in [-0.2, -0.15) is 10.2 Å². The van der Waals surface area contributed by atoms with Crippen LogP contribution in [0.5, 0.6) is 0 Å². The van der Waals surface area contributed by atoms with Gasteiger partial charge >= 0.3 is 0 Å². The number of ether oxygens (including phenoxy) is 1. The molecule has 0 radical (unpaired) electrons. The van der Waals surface area contributed by atoms with Gasteiger partial charge in [0.2, 0.25) is 5.91 Å². The number of anilines is 1. The number of nitrogens with one attached hydrogen (secondary N) is 1. The summed E-state index contributed by atoms with van der Waals surface area (Å²) in [7, 11) is 1.68. The van der Waals surface area contributed by atoms with Crippen LogP contribution in [0.2, 0.25) is 0 Å². The van der Waals surface area contributed by atoms with Crippen LogP contribution in [0.15, 0.2) is 48.9 Å². The highest BCUT2D eigenvalue weighted by atomic mass is 16.5. The Morgan fingerprint density at radius 3 is 2.94 bits per heavy atom. The lowest BCUT2D eigenvalue weighted by Crippen LogP contribution is -2.13. The first-order valence-electron chi connectivity index (χ1n) is 11.2. The average molecular weight is 457 g/mol. The van der Waals surface area contributed by atoms with Crippen molar-refractivity contribution in [2.45, 2.75) is 25.9 Å². The number of hydrogen-bond acceptors (Lipinski definition) is 7. The van der Waals surface area contributed by atoms with E-state index in [1.807, 2.05) is 46.0 Å². The molecular formula is C23H23N9O2. The number of nitrogens with zero attached hydrogens (tertiary/aromatic N) is 8. The van der Waals surface area contributed by atoms with Crippen molar-refractivity contribution in [3.05, 3.63) is 54.6 Å². The molecule has 1 aliphatic rings. The van der Waals surface area contributed by atoms with Crippen LogP contribution in [0, 0.1) is 5.92 Å². The van der Waals surface area contributed by atoms with E-state index >= 15 is 0 Å². The summed E-state index contributed by atoms with van der Waals surface area (Å²) in [5.41, 5.74) is 5.25. The third kappa shape index (κ3) is 4.01. The summed E-state index contributed by atoms with van der Waals surface area (Å²) in [6.45, 7) is 1.76. The van der Waals surface area contributed by atoms with Crippen molar-refractivity contribution in [2.24, 2.45) is 5.92 Å². The first-order valence-corrected chi connectivity index (χ1v) is 11.2. The Hall–Kier alpha value is -4.12. The molecule has 1 fully saturated rings. The molecule has 6 rings (SSSR count). The number of aromatic nitrogens is 8. The molecule has 1 amide bonds. The van der Waals surface area contributed by atoms with E-state index < -0.39 is 0 Å². The smallest absolute Gasteiger partial charge is 0.228 e. The Kier molecular flexibility index (Phi) is 5.02. The molecule has 0 aliphatic heterocycles. The molecular weight excluding hydrogens is 434 g/mol. The molecule has 0 saturated heterocycles. The fraction of sp³-hybridized carbons (Fsp3) is 0.304. The van der Waals surface area contributed by atoms with Crippen LogP contribution in [-0.2, 0) is 22.6 Å². The summed E-state index contributed by atoms with van der Waals surface area (Å²) in [6.07, 6.45) is 7.48. The molecule has 1 N–H and O–H groups in total. The third-order valence-corrected chi connectivity index (χ3v) is 5.89. The number of imidazole rings is 1. The number of fused-ring (bicyclic) bond motifs is 2. The van der Waals surface area contributed by atoms with E-state index in [2.05, 4.69) is 36.9 Å². The number of amides is 1. The summed E-state index contributed by atoms with van der Waals surface area (Å²) in [4.78, 5) is 16.5. The molecule has 172 valence electrons. The summed E-state index contributed by atoms with van der Waals surface area (Å²) in [6, 6.07) is 9.84. The summed E-state index contributed by atoms with van der Waals surface area (Å²) in [5.74, 6) is 0.666. The zero-order chi connectivity index (χ0) is 23.1. The minimum absolute atomic E-state index is 0.0257. The van der Waals surface area contributed by atoms with E-state index in [9.17, 15) is 4.79 Å². The first-order chi connectivity index (χ1) is 16.7. The van der Waals surface area contributed by atoms with Crippen LogP contribution in [0.1, 0.15) is 18.5 Å². The molecule has 0 spiro atoms. The Labute approximate surface area is 194 Å². The van der Waals surface area contributed by atoms with Gasteiger partial charge in [-0.1, -0.05) is 11.3 Å². The molecule has 5 aromatic rings. The molecule has 1 aliphatic carbocycles. The maximum atomic E-state index is 12.0. The highest BCUT2D eigenvalue weighted by Crippen LogP contribution is 2.30. The van der Waals surface area contributed by atoms with Crippen LogP contribution in [0.3, 0.4) is 0 Å². The Morgan fingerprint density at radius 2 is 2.09 bits per heavy atom. The van der Waals surface area contributed by atoms with Gasteiger partial charge in [0, 0.05) is 24.8 Å². The molecule has 4 aromatic heterocycles. The van der Waals surface area contributed by atoms with Crippen LogP contribution >= 0.6 is 0 Å². The Bertz CT molecular complexity index is 1490. The van der Waals surface area contributed by atoms with Gasteiger partial charge in [-0.3, -0.25) is 9.48 Å². The van der Waals surface area contributed by atoms with Crippen LogP contribution in [0.25, 0.3) is 27.8 Å². The minimum Gasteiger partial charge on any atom is -0.383 e. The minimum atomic E-state index is 0.0257. The van der Waals surface area contributed by atoms with Crippen LogP contribution in [-0.4, -0.2) is 59.0 Å². The third-order valence-electron chi connectivity index (χ3n) is 5.89. The zero-order valence-corrected chi connectivity index (χ0v) is 18.6. The predicted molar refractivity (Wildman–Crippen MR) is 124 cm³/mol. The van der Waals surface area contributed by atoms with E-state index in [4.69, 9.17) is 4.74 Å². The van der Waals surface area contributed by atoms with E-state index in [1.54, 1.807) is 17.8 Å². The molecule has 11 heteroatoms. The zero-order valence-electron chi connectivity index (χ0n) is 18.6. The second-order valence-electron chi connectivity index (χ2n) is 8.45. The molecule has 0 atom stereocenters.